The molecule has 10 heteroatoms. The molecule has 0 aliphatic heterocycles. The number of carbonyl (C=O) groups is 2. The second-order valence-electron chi connectivity index (χ2n) is 8.13. The van der Waals surface area contributed by atoms with E-state index in [1.54, 1.807) is 12.1 Å². The molecule has 2 amide bonds. The summed E-state index contributed by atoms with van der Waals surface area (Å²) in [5.41, 5.74) is 0.920. The lowest BCUT2D eigenvalue weighted by atomic mass is 9.81. The fourth-order valence-electron chi connectivity index (χ4n) is 3.22. The van der Waals surface area contributed by atoms with Crippen LogP contribution in [-0.2, 0) is 15.0 Å². The zero-order chi connectivity index (χ0) is 24.3. The fraction of sp³-hybridized carbons (Fsp3) is 0.261. The van der Waals surface area contributed by atoms with E-state index in [-0.39, 0.29) is 11.4 Å². The number of aliphatic hydroxyl groups excluding tert-OH is 1. The van der Waals surface area contributed by atoms with Crippen molar-refractivity contribution in [3.8, 4) is 0 Å². The Morgan fingerprint density at radius 1 is 1.09 bits per heavy atom. The first-order valence-corrected chi connectivity index (χ1v) is 10.4. The number of aromatic amines is 1. The monoisotopic (exact) mass is 476 g/mol. The molecule has 0 bridgehead atoms. The molecule has 0 aliphatic rings. The van der Waals surface area contributed by atoms with Crippen LogP contribution >= 0.6 is 11.6 Å². The van der Waals surface area contributed by atoms with E-state index < -0.39 is 41.0 Å². The minimum Gasteiger partial charge on any atom is -0.378 e. The van der Waals surface area contributed by atoms with E-state index in [4.69, 9.17) is 11.6 Å². The largest absolute Gasteiger partial charge is 0.378 e. The van der Waals surface area contributed by atoms with Crippen LogP contribution in [0.25, 0.3) is 0 Å². The van der Waals surface area contributed by atoms with Crippen LogP contribution in [0, 0.1) is 11.6 Å². The van der Waals surface area contributed by atoms with E-state index in [0.717, 1.165) is 23.4 Å². The number of rotatable bonds is 7. The van der Waals surface area contributed by atoms with Gasteiger partial charge in [0.1, 0.15) is 17.7 Å². The number of anilines is 1. The third-order valence-electron chi connectivity index (χ3n) is 5.25. The zero-order valence-electron chi connectivity index (χ0n) is 18.1. The molecule has 2 aromatic carbocycles. The Bertz CT molecular complexity index is 1160. The molecule has 0 spiro atoms. The third kappa shape index (κ3) is 5.74. The molecule has 0 radical (unpaired) electrons. The molecule has 0 fully saturated rings. The van der Waals surface area contributed by atoms with E-state index in [2.05, 4.69) is 20.8 Å². The van der Waals surface area contributed by atoms with Gasteiger partial charge in [0.05, 0.1) is 0 Å². The average molecular weight is 477 g/mol. The number of nitrogens with one attached hydrogen (secondary N) is 3. The van der Waals surface area contributed by atoms with Gasteiger partial charge in [0.15, 0.2) is 11.9 Å². The Hall–Kier alpha value is -3.30. The molecule has 7 nitrogen and oxygen atoms in total. The summed E-state index contributed by atoms with van der Waals surface area (Å²) in [4.78, 5) is 24.7. The van der Waals surface area contributed by atoms with Crippen LogP contribution < -0.4 is 10.6 Å². The highest BCUT2D eigenvalue weighted by Crippen LogP contribution is 2.32. The number of aromatic nitrogens is 2. The van der Waals surface area contributed by atoms with Gasteiger partial charge in [-0.25, -0.2) is 8.78 Å². The molecule has 1 heterocycles. The van der Waals surface area contributed by atoms with Crippen molar-refractivity contribution in [3.05, 3.63) is 82.0 Å². The van der Waals surface area contributed by atoms with Crippen molar-refractivity contribution in [1.29, 1.82) is 0 Å². The van der Waals surface area contributed by atoms with Crippen molar-refractivity contribution in [2.45, 2.75) is 38.3 Å². The van der Waals surface area contributed by atoms with Gasteiger partial charge in [0.2, 0.25) is 5.91 Å². The topological polar surface area (TPSA) is 107 Å². The maximum Gasteiger partial charge on any atom is 0.254 e. The van der Waals surface area contributed by atoms with Crippen molar-refractivity contribution in [1.82, 2.24) is 15.5 Å². The van der Waals surface area contributed by atoms with Gasteiger partial charge in [-0.05, 0) is 42.3 Å². The van der Waals surface area contributed by atoms with Gasteiger partial charge < -0.3 is 15.7 Å². The second kappa shape index (κ2) is 9.68. The zero-order valence-corrected chi connectivity index (χ0v) is 18.9. The minimum absolute atomic E-state index is 0.235. The maximum absolute atomic E-state index is 13.3. The summed E-state index contributed by atoms with van der Waals surface area (Å²) in [5.74, 6) is -3.21. The number of nitrogens with zero attached hydrogens (tertiary/aromatic N) is 1. The van der Waals surface area contributed by atoms with E-state index in [0.29, 0.717) is 11.1 Å². The van der Waals surface area contributed by atoms with Gasteiger partial charge in [0.25, 0.3) is 5.91 Å². The van der Waals surface area contributed by atoms with Crippen molar-refractivity contribution >= 4 is 29.2 Å². The van der Waals surface area contributed by atoms with Gasteiger partial charge in [-0.1, -0.05) is 37.6 Å². The molecule has 0 aliphatic carbocycles. The van der Waals surface area contributed by atoms with Gasteiger partial charge >= 0.3 is 0 Å². The number of aliphatic hydroxyl groups is 1. The lowest BCUT2D eigenvalue weighted by Gasteiger charge is -2.23. The number of benzene rings is 2. The summed E-state index contributed by atoms with van der Waals surface area (Å²) >= 11 is 6.09. The molecule has 4 N–H and O–H groups in total. The molecule has 174 valence electrons. The molecule has 0 unspecified atom stereocenters. The van der Waals surface area contributed by atoms with Gasteiger partial charge in [-0.15, -0.1) is 0 Å². The van der Waals surface area contributed by atoms with Crippen LogP contribution in [0.3, 0.4) is 0 Å². The minimum atomic E-state index is -1.85. The van der Waals surface area contributed by atoms with E-state index >= 15 is 0 Å². The van der Waals surface area contributed by atoms with Crippen LogP contribution in [-0.4, -0.2) is 33.2 Å². The van der Waals surface area contributed by atoms with Crippen LogP contribution in [0.15, 0.2) is 48.5 Å². The SMILES string of the molecule is C[C@H](NC(=O)[C@@H](O)c1cc(F)cc(F)c1)C(=O)Nc1cc(C(C)(C)c2cccc(Cl)c2)[nH]n1. The van der Waals surface area contributed by atoms with Crippen molar-refractivity contribution in [2.24, 2.45) is 0 Å². The average Bonchev–Trinajstić information content (AvgIpc) is 3.21. The quantitative estimate of drug-likeness (QED) is 0.415. The summed E-state index contributed by atoms with van der Waals surface area (Å²) in [5, 5.41) is 22.5. The maximum atomic E-state index is 13.3. The molecule has 0 saturated carbocycles. The van der Waals surface area contributed by atoms with E-state index in [9.17, 15) is 23.5 Å². The lowest BCUT2D eigenvalue weighted by Crippen LogP contribution is -2.43. The molecular weight excluding hydrogens is 454 g/mol. The lowest BCUT2D eigenvalue weighted by molar-refractivity contribution is -0.132. The summed E-state index contributed by atoms with van der Waals surface area (Å²) in [6.07, 6.45) is -1.85. The number of carbonyl (C=O) groups excluding carboxylic acids is 2. The van der Waals surface area contributed by atoms with Gasteiger partial charge in [-0.2, -0.15) is 5.10 Å². The Morgan fingerprint density at radius 2 is 1.76 bits per heavy atom. The summed E-state index contributed by atoms with van der Waals surface area (Å²) in [6.45, 7) is 5.34. The first kappa shape index (κ1) is 24.3. The number of hydrogen-bond acceptors (Lipinski definition) is 4. The molecule has 2 atom stereocenters. The fourth-order valence-corrected chi connectivity index (χ4v) is 3.41. The van der Waals surface area contributed by atoms with Gasteiger partial charge in [-0.3, -0.25) is 14.7 Å². The molecule has 3 aromatic rings. The molecule has 0 saturated heterocycles. The van der Waals surface area contributed by atoms with Crippen molar-refractivity contribution in [3.63, 3.8) is 0 Å². The van der Waals surface area contributed by atoms with Crippen LogP contribution in [0.1, 0.15) is 43.7 Å². The number of halogens is 3. The highest BCUT2D eigenvalue weighted by atomic mass is 35.5. The van der Waals surface area contributed by atoms with E-state index in [1.165, 1.54) is 6.92 Å². The Labute approximate surface area is 194 Å². The molecule has 33 heavy (non-hydrogen) atoms. The van der Waals surface area contributed by atoms with Crippen molar-refractivity contribution in [2.75, 3.05) is 5.32 Å². The smallest absolute Gasteiger partial charge is 0.254 e. The van der Waals surface area contributed by atoms with E-state index in [1.807, 2.05) is 32.0 Å². The first-order valence-electron chi connectivity index (χ1n) is 10.0. The predicted octanol–water partition coefficient (Wildman–Crippen LogP) is 3.84. The highest BCUT2D eigenvalue weighted by Gasteiger charge is 2.27. The van der Waals surface area contributed by atoms with Gasteiger partial charge in [0, 0.05) is 28.3 Å². The predicted molar refractivity (Wildman–Crippen MR) is 120 cm³/mol. The normalized spacial score (nSPS) is 13.3. The van der Waals surface area contributed by atoms with Crippen molar-refractivity contribution < 1.29 is 23.5 Å². The standard InChI is InChI=1S/C23H23ClF2N4O3/c1-12(27-22(33)20(31)13-7-16(25)10-17(26)8-13)21(32)28-19-11-18(29-30-19)23(2,3)14-5-4-6-15(24)9-14/h4-12,20,31H,1-3H3,(H,27,33)(H2,28,29,30,32)/t12-,20-/m0/s1. The number of hydrogen-bond donors (Lipinski definition) is 4. The van der Waals surface area contributed by atoms with Crippen LogP contribution in [0.5, 0.6) is 0 Å². The number of amides is 2. The Balaban J connectivity index is 1.64. The second-order valence-corrected chi connectivity index (χ2v) is 8.56. The third-order valence-corrected chi connectivity index (χ3v) is 5.48. The highest BCUT2D eigenvalue weighted by molar-refractivity contribution is 6.30. The molecular formula is C23H23ClF2N4O3. The Morgan fingerprint density at radius 3 is 2.39 bits per heavy atom. The van der Waals surface area contributed by atoms with Crippen LogP contribution in [0.4, 0.5) is 14.6 Å². The summed E-state index contributed by atoms with van der Waals surface area (Å²) in [7, 11) is 0. The summed E-state index contributed by atoms with van der Waals surface area (Å²) in [6, 6.07) is 10.3. The molecule has 3 rings (SSSR count). The first-order chi connectivity index (χ1) is 15.5. The molecule has 1 aromatic heterocycles. The van der Waals surface area contributed by atoms with Crippen LogP contribution in [0.2, 0.25) is 5.02 Å². The Kier molecular flexibility index (Phi) is 7.14. The summed E-state index contributed by atoms with van der Waals surface area (Å²) < 4.78 is 26.7. The number of H-pyrrole nitrogens is 1.